The predicted molar refractivity (Wildman–Crippen MR) is 132 cm³/mol. The van der Waals surface area contributed by atoms with Gasteiger partial charge in [0.2, 0.25) is 0 Å². The van der Waals surface area contributed by atoms with Gasteiger partial charge in [-0.15, -0.1) is 10.2 Å². The maximum absolute atomic E-state index is 13.5. The minimum Gasteiger partial charge on any atom is -0.493 e. The van der Waals surface area contributed by atoms with Crippen molar-refractivity contribution in [1.29, 1.82) is 0 Å². The second-order valence-electron chi connectivity index (χ2n) is 9.02. The van der Waals surface area contributed by atoms with E-state index in [4.69, 9.17) is 9.15 Å². The number of nitrogens with one attached hydrogen (secondary N) is 1. The van der Waals surface area contributed by atoms with Gasteiger partial charge in [0.15, 0.2) is 5.82 Å². The Bertz CT molecular complexity index is 1250. The van der Waals surface area contributed by atoms with Gasteiger partial charge in [0.05, 0.1) is 19.4 Å². The third-order valence-electron chi connectivity index (χ3n) is 6.37. The number of ether oxygens (including phenoxy) is 1. The van der Waals surface area contributed by atoms with Crippen molar-refractivity contribution >= 4 is 5.91 Å². The number of aliphatic hydroxyl groups is 1. The molecule has 0 spiro atoms. The number of tetrazole rings is 1. The Morgan fingerprint density at radius 2 is 1.89 bits per heavy atom. The van der Waals surface area contributed by atoms with Crippen LogP contribution in [0.15, 0.2) is 71.3 Å². The van der Waals surface area contributed by atoms with Crippen LogP contribution in [0, 0.1) is 0 Å². The predicted octanol–water partition coefficient (Wildman–Crippen LogP) is 4.38. The van der Waals surface area contributed by atoms with E-state index in [1.807, 2.05) is 48.5 Å². The Morgan fingerprint density at radius 3 is 2.61 bits per heavy atom. The van der Waals surface area contributed by atoms with Crippen LogP contribution in [0.5, 0.6) is 5.75 Å². The summed E-state index contributed by atoms with van der Waals surface area (Å²) in [6.07, 6.45) is 6.35. The Morgan fingerprint density at radius 1 is 1.06 bits per heavy atom. The summed E-state index contributed by atoms with van der Waals surface area (Å²) in [5, 5.41) is 24.9. The van der Waals surface area contributed by atoms with E-state index in [0.717, 1.165) is 54.1 Å². The zero-order valence-corrected chi connectivity index (χ0v) is 20.0. The Kier molecular flexibility index (Phi) is 7.08. The van der Waals surface area contributed by atoms with Crippen molar-refractivity contribution in [2.24, 2.45) is 0 Å². The Hall–Kier alpha value is -3.98. The first-order valence-electron chi connectivity index (χ1n) is 12.2. The molecule has 0 unspecified atom stereocenters. The second kappa shape index (κ2) is 10.7. The molecule has 0 saturated heterocycles. The number of unbranched alkanes of at least 4 members (excludes halogenated alkanes) is 2. The van der Waals surface area contributed by atoms with Crippen LogP contribution in [-0.4, -0.2) is 48.9 Å². The number of benzene rings is 2. The van der Waals surface area contributed by atoms with E-state index in [2.05, 4.69) is 20.6 Å². The van der Waals surface area contributed by atoms with Gasteiger partial charge in [0, 0.05) is 23.1 Å². The van der Waals surface area contributed by atoms with Gasteiger partial charge in [-0.05, 0) is 62.4 Å². The monoisotopic (exact) mass is 487 g/mol. The van der Waals surface area contributed by atoms with Gasteiger partial charge < -0.3 is 19.2 Å². The zero-order chi connectivity index (χ0) is 24.8. The average molecular weight is 488 g/mol. The molecule has 4 aromatic rings. The van der Waals surface area contributed by atoms with E-state index in [1.54, 1.807) is 23.3 Å². The normalized spacial score (nSPS) is 13.9. The maximum atomic E-state index is 13.5. The summed E-state index contributed by atoms with van der Waals surface area (Å²) >= 11 is 0. The lowest BCUT2D eigenvalue weighted by molar-refractivity contribution is -0.0150. The van der Waals surface area contributed by atoms with Crippen molar-refractivity contribution in [2.45, 2.75) is 50.8 Å². The molecule has 0 bridgehead atoms. The van der Waals surface area contributed by atoms with Crippen LogP contribution in [-0.2, 0) is 13.0 Å². The van der Waals surface area contributed by atoms with Crippen molar-refractivity contribution < 1.29 is 19.1 Å². The van der Waals surface area contributed by atoms with Gasteiger partial charge in [-0.1, -0.05) is 35.5 Å². The van der Waals surface area contributed by atoms with Crippen molar-refractivity contribution in [1.82, 2.24) is 25.5 Å². The van der Waals surface area contributed by atoms with Crippen LogP contribution in [0.1, 0.15) is 53.8 Å². The van der Waals surface area contributed by atoms with Gasteiger partial charge in [-0.3, -0.25) is 4.79 Å². The first-order chi connectivity index (χ1) is 17.6. The fourth-order valence-electron chi connectivity index (χ4n) is 4.14. The van der Waals surface area contributed by atoms with Gasteiger partial charge >= 0.3 is 0 Å². The molecule has 0 radical (unpaired) electrons. The first kappa shape index (κ1) is 23.7. The number of hydrogen-bond acceptors (Lipinski definition) is 7. The highest BCUT2D eigenvalue weighted by Gasteiger charge is 2.49. The summed E-state index contributed by atoms with van der Waals surface area (Å²) in [5.74, 6) is 1.98. The molecule has 1 aliphatic rings. The average Bonchev–Trinajstić information content (AvgIpc) is 3.30. The largest absolute Gasteiger partial charge is 0.493 e. The highest BCUT2D eigenvalue weighted by molar-refractivity contribution is 5.95. The van der Waals surface area contributed by atoms with E-state index in [9.17, 15) is 9.90 Å². The van der Waals surface area contributed by atoms with Crippen molar-refractivity contribution in [3.63, 3.8) is 0 Å². The molecule has 9 nitrogen and oxygen atoms in total. The number of H-pyrrole nitrogens is 1. The van der Waals surface area contributed by atoms with E-state index in [-0.39, 0.29) is 12.5 Å². The summed E-state index contributed by atoms with van der Waals surface area (Å²) < 4.78 is 11.5. The molecule has 2 N–H and O–H groups in total. The van der Waals surface area contributed by atoms with Gasteiger partial charge in [0.25, 0.3) is 5.91 Å². The number of aromatic amines is 1. The zero-order valence-electron chi connectivity index (χ0n) is 20.0. The van der Waals surface area contributed by atoms with Crippen molar-refractivity contribution in [3.05, 3.63) is 83.9 Å². The van der Waals surface area contributed by atoms with Crippen LogP contribution in [0.4, 0.5) is 0 Å². The molecule has 1 saturated carbocycles. The molecule has 0 atom stereocenters. The number of amides is 1. The van der Waals surface area contributed by atoms with Crippen LogP contribution >= 0.6 is 0 Å². The lowest BCUT2D eigenvalue weighted by Crippen LogP contribution is -2.41. The number of nitrogens with zero attached hydrogens (tertiary/aromatic N) is 4. The first-order valence-corrected chi connectivity index (χ1v) is 12.2. The maximum Gasteiger partial charge on any atom is 0.256 e. The van der Waals surface area contributed by atoms with Crippen LogP contribution in [0.25, 0.3) is 11.3 Å². The minimum atomic E-state index is -1.13. The fraction of sp³-hybridized carbons (Fsp3) is 0.333. The third-order valence-corrected chi connectivity index (χ3v) is 6.37. The van der Waals surface area contributed by atoms with E-state index in [0.29, 0.717) is 25.0 Å². The third kappa shape index (κ3) is 5.63. The van der Waals surface area contributed by atoms with Crippen LogP contribution in [0.3, 0.4) is 0 Å². The Balaban J connectivity index is 1.21. The highest BCUT2D eigenvalue weighted by atomic mass is 16.5. The molecule has 5 rings (SSSR count). The summed E-state index contributed by atoms with van der Waals surface area (Å²) in [5.41, 5.74) is 1.15. The van der Waals surface area contributed by atoms with Gasteiger partial charge in [-0.25, -0.2) is 0 Å². The molecule has 0 aliphatic heterocycles. The molecule has 2 heterocycles. The molecule has 2 aromatic heterocycles. The van der Waals surface area contributed by atoms with Gasteiger partial charge in [-0.2, -0.15) is 5.21 Å². The SMILES string of the molecule is O=C(c1ccc(-c2ccco2)cc1)N(Cc1ccccc1OCCCCCc1nn[nH]n1)C1(O)CC1. The molecule has 36 heavy (non-hydrogen) atoms. The summed E-state index contributed by atoms with van der Waals surface area (Å²) in [6, 6.07) is 18.7. The molecule has 1 fully saturated rings. The summed E-state index contributed by atoms with van der Waals surface area (Å²) in [6.45, 7) is 0.832. The quantitative estimate of drug-likeness (QED) is 0.225. The van der Waals surface area contributed by atoms with Crippen LogP contribution in [0.2, 0.25) is 0 Å². The number of hydrogen-bond donors (Lipinski definition) is 2. The number of carbonyl (C=O) groups is 1. The molecular weight excluding hydrogens is 458 g/mol. The van der Waals surface area contributed by atoms with E-state index < -0.39 is 5.72 Å². The number of aromatic nitrogens is 4. The minimum absolute atomic E-state index is 0.211. The van der Waals surface area contributed by atoms with Crippen molar-refractivity contribution in [2.75, 3.05) is 6.61 Å². The molecule has 9 heteroatoms. The lowest BCUT2D eigenvalue weighted by atomic mass is 10.1. The van der Waals surface area contributed by atoms with E-state index in [1.165, 1.54) is 0 Å². The number of aryl methyl sites for hydroxylation is 1. The topological polar surface area (TPSA) is 117 Å². The lowest BCUT2D eigenvalue weighted by Gasteiger charge is -2.29. The standard InChI is InChI=1S/C27H29N5O4/c33-26(21-13-11-20(12-14-21)23-9-6-18-36-23)32(27(34)15-16-27)19-22-7-3-4-8-24(22)35-17-5-1-2-10-25-28-30-31-29-25/h3-4,6-9,11-14,18,34H,1-2,5,10,15-17,19H2,(H,28,29,30,31). The number of rotatable bonds is 12. The number of para-hydroxylation sites is 1. The number of furan rings is 1. The second-order valence-corrected chi connectivity index (χ2v) is 9.02. The molecule has 1 aliphatic carbocycles. The van der Waals surface area contributed by atoms with E-state index >= 15 is 0 Å². The van der Waals surface area contributed by atoms with Crippen molar-refractivity contribution in [3.8, 4) is 17.1 Å². The molecule has 186 valence electrons. The fourth-order valence-corrected chi connectivity index (χ4v) is 4.14. The molecule has 2 aromatic carbocycles. The van der Waals surface area contributed by atoms with Gasteiger partial charge in [0.1, 0.15) is 17.2 Å². The highest BCUT2D eigenvalue weighted by Crippen LogP contribution is 2.41. The summed E-state index contributed by atoms with van der Waals surface area (Å²) in [7, 11) is 0. The number of carbonyl (C=O) groups excluding carboxylic acids is 1. The Labute approximate surface area is 209 Å². The smallest absolute Gasteiger partial charge is 0.256 e. The molecular formula is C27H29N5O4. The summed E-state index contributed by atoms with van der Waals surface area (Å²) in [4.78, 5) is 15.0. The van der Waals surface area contributed by atoms with Crippen LogP contribution < -0.4 is 4.74 Å². The molecule has 1 amide bonds.